The van der Waals surface area contributed by atoms with Crippen molar-refractivity contribution >= 4 is 28.1 Å². The number of hydrogen-bond acceptors (Lipinski definition) is 3. The number of halogens is 1. The summed E-state index contributed by atoms with van der Waals surface area (Å²) in [6.07, 6.45) is 3.60. The van der Waals surface area contributed by atoms with Gasteiger partial charge < -0.3 is 10.3 Å². The monoisotopic (exact) mass is 283 g/mol. The number of nitrogens with two attached hydrogens (primary N) is 1. The lowest BCUT2D eigenvalue weighted by molar-refractivity contribution is 0.670. The fourth-order valence-corrected chi connectivity index (χ4v) is 3.05. The van der Waals surface area contributed by atoms with E-state index in [0.717, 1.165) is 5.82 Å². The average molecular weight is 284 g/mol. The molecule has 1 aromatic carbocycles. The van der Waals surface area contributed by atoms with Crippen molar-refractivity contribution < 1.29 is 4.21 Å². The summed E-state index contributed by atoms with van der Waals surface area (Å²) in [5.41, 5.74) is 6.31. The maximum atomic E-state index is 12.2. The summed E-state index contributed by atoms with van der Waals surface area (Å²) in [5, 5.41) is 0.548. The number of rotatable bonds is 4. The molecule has 0 saturated carbocycles. The second-order valence-corrected chi connectivity index (χ2v) is 5.88. The van der Waals surface area contributed by atoms with Crippen molar-refractivity contribution in [3.05, 3.63) is 41.4 Å². The van der Waals surface area contributed by atoms with Crippen LogP contribution in [0.15, 0.2) is 35.5 Å². The Morgan fingerprint density at radius 3 is 2.94 bits per heavy atom. The van der Waals surface area contributed by atoms with Gasteiger partial charge in [-0.25, -0.2) is 4.98 Å². The molecule has 1 aromatic heterocycles. The first-order chi connectivity index (χ1) is 8.58. The predicted molar refractivity (Wildman–Crippen MR) is 74.1 cm³/mol. The Balaban J connectivity index is 2.08. The van der Waals surface area contributed by atoms with Gasteiger partial charge in [0.2, 0.25) is 0 Å². The molecular formula is C12H14ClN3OS. The standard InChI is InChI=1S/C12H14ClN3OS/c1-9-15-4-5-16(9)6-7-18(17)12-8-10(13)2-3-11(12)14/h2-5,8H,6-7,14H2,1H3. The molecule has 0 aliphatic rings. The minimum Gasteiger partial charge on any atom is -0.398 e. The number of nitrogens with zero attached hydrogens (tertiary/aromatic N) is 2. The number of benzene rings is 1. The first-order valence-electron chi connectivity index (χ1n) is 5.49. The number of nitrogen functional groups attached to an aromatic ring is 1. The number of imidazole rings is 1. The van der Waals surface area contributed by atoms with Crippen LogP contribution in [0, 0.1) is 6.92 Å². The van der Waals surface area contributed by atoms with E-state index in [1.165, 1.54) is 0 Å². The fourth-order valence-electron chi connectivity index (χ4n) is 1.64. The molecule has 6 heteroatoms. The Kier molecular flexibility index (Phi) is 4.04. The van der Waals surface area contributed by atoms with E-state index >= 15 is 0 Å². The molecule has 0 saturated heterocycles. The molecule has 96 valence electrons. The van der Waals surface area contributed by atoms with Crippen molar-refractivity contribution in [1.82, 2.24) is 9.55 Å². The molecule has 0 amide bonds. The molecule has 0 spiro atoms. The van der Waals surface area contributed by atoms with Crippen LogP contribution in [0.4, 0.5) is 5.69 Å². The second-order valence-electron chi connectivity index (χ2n) is 3.90. The Labute approximate surface area is 113 Å². The fraction of sp³-hybridized carbons (Fsp3) is 0.250. The lowest BCUT2D eigenvalue weighted by Gasteiger charge is -2.08. The summed E-state index contributed by atoms with van der Waals surface area (Å²) in [4.78, 5) is 4.71. The van der Waals surface area contributed by atoms with E-state index in [-0.39, 0.29) is 0 Å². The SMILES string of the molecule is Cc1nccn1CCS(=O)c1cc(Cl)ccc1N. The highest BCUT2D eigenvalue weighted by Crippen LogP contribution is 2.21. The zero-order valence-corrected chi connectivity index (χ0v) is 11.5. The molecule has 0 radical (unpaired) electrons. The van der Waals surface area contributed by atoms with E-state index in [4.69, 9.17) is 17.3 Å². The van der Waals surface area contributed by atoms with Crippen molar-refractivity contribution in [2.75, 3.05) is 11.5 Å². The highest BCUT2D eigenvalue weighted by molar-refractivity contribution is 7.85. The van der Waals surface area contributed by atoms with Gasteiger partial charge in [-0.05, 0) is 25.1 Å². The molecule has 0 fully saturated rings. The molecule has 2 rings (SSSR count). The van der Waals surface area contributed by atoms with Crippen LogP contribution >= 0.6 is 11.6 Å². The summed E-state index contributed by atoms with van der Waals surface area (Å²) in [5.74, 6) is 1.40. The summed E-state index contributed by atoms with van der Waals surface area (Å²) in [7, 11) is -1.16. The molecule has 1 atom stereocenters. The second kappa shape index (κ2) is 5.54. The first-order valence-corrected chi connectivity index (χ1v) is 7.19. The van der Waals surface area contributed by atoms with Crippen LogP contribution in [0.25, 0.3) is 0 Å². The lowest BCUT2D eigenvalue weighted by Crippen LogP contribution is -2.09. The van der Waals surface area contributed by atoms with Gasteiger partial charge in [-0.1, -0.05) is 11.6 Å². The number of hydrogen-bond donors (Lipinski definition) is 1. The molecule has 4 nitrogen and oxygen atoms in total. The quantitative estimate of drug-likeness (QED) is 0.876. The van der Waals surface area contributed by atoms with E-state index in [9.17, 15) is 4.21 Å². The van der Waals surface area contributed by atoms with Gasteiger partial charge in [0.25, 0.3) is 0 Å². The van der Waals surface area contributed by atoms with Crippen LogP contribution in [-0.2, 0) is 17.3 Å². The molecule has 1 unspecified atom stereocenters. The minimum atomic E-state index is -1.16. The van der Waals surface area contributed by atoms with Crippen LogP contribution in [0.1, 0.15) is 5.82 Å². The van der Waals surface area contributed by atoms with Gasteiger partial charge >= 0.3 is 0 Å². The van der Waals surface area contributed by atoms with Crippen molar-refractivity contribution in [3.8, 4) is 0 Å². The maximum Gasteiger partial charge on any atom is 0.105 e. The zero-order valence-electron chi connectivity index (χ0n) is 9.97. The van der Waals surface area contributed by atoms with Gasteiger partial charge in [-0.3, -0.25) is 4.21 Å². The van der Waals surface area contributed by atoms with Gasteiger partial charge in [0.05, 0.1) is 15.7 Å². The van der Waals surface area contributed by atoms with E-state index in [0.29, 0.717) is 27.9 Å². The molecule has 0 bridgehead atoms. The van der Waals surface area contributed by atoms with Gasteiger partial charge in [-0.15, -0.1) is 0 Å². The van der Waals surface area contributed by atoms with Crippen LogP contribution in [0.3, 0.4) is 0 Å². The third kappa shape index (κ3) is 2.91. The Hall–Kier alpha value is -1.33. The Morgan fingerprint density at radius 1 is 1.50 bits per heavy atom. The zero-order chi connectivity index (χ0) is 13.1. The molecular weight excluding hydrogens is 270 g/mol. The van der Waals surface area contributed by atoms with Crippen molar-refractivity contribution in [3.63, 3.8) is 0 Å². The lowest BCUT2D eigenvalue weighted by atomic mass is 10.3. The number of aryl methyl sites for hydroxylation is 2. The van der Waals surface area contributed by atoms with Gasteiger partial charge in [0.15, 0.2) is 0 Å². The van der Waals surface area contributed by atoms with Crippen molar-refractivity contribution in [2.45, 2.75) is 18.4 Å². The largest absolute Gasteiger partial charge is 0.398 e. The van der Waals surface area contributed by atoms with E-state index < -0.39 is 10.8 Å². The molecule has 18 heavy (non-hydrogen) atoms. The van der Waals surface area contributed by atoms with Crippen molar-refractivity contribution in [1.29, 1.82) is 0 Å². The highest BCUT2D eigenvalue weighted by atomic mass is 35.5. The van der Waals surface area contributed by atoms with Crippen molar-refractivity contribution in [2.24, 2.45) is 0 Å². The Bertz CT molecular complexity index is 582. The molecule has 2 N–H and O–H groups in total. The van der Waals surface area contributed by atoms with E-state index in [1.807, 2.05) is 17.7 Å². The summed E-state index contributed by atoms with van der Waals surface area (Å²) in [6.45, 7) is 2.56. The topological polar surface area (TPSA) is 60.9 Å². The van der Waals surface area contributed by atoms with E-state index in [1.54, 1.807) is 24.4 Å². The number of aromatic nitrogens is 2. The summed E-state index contributed by atoms with van der Waals surface area (Å²) < 4.78 is 14.1. The predicted octanol–water partition coefficient (Wildman–Crippen LogP) is 2.23. The third-order valence-corrected chi connectivity index (χ3v) is 4.29. The Morgan fingerprint density at radius 2 is 2.28 bits per heavy atom. The molecule has 1 heterocycles. The van der Waals surface area contributed by atoms with Crippen LogP contribution < -0.4 is 5.73 Å². The van der Waals surface area contributed by atoms with E-state index in [2.05, 4.69) is 4.98 Å². The molecule has 0 aliphatic carbocycles. The first kappa shape index (κ1) is 13.1. The summed E-state index contributed by atoms with van der Waals surface area (Å²) >= 11 is 5.88. The van der Waals surface area contributed by atoms with Gasteiger partial charge in [0.1, 0.15) is 5.82 Å². The minimum absolute atomic E-state index is 0.488. The summed E-state index contributed by atoms with van der Waals surface area (Å²) in [6, 6.07) is 5.03. The smallest absolute Gasteiger partial charge is 0.105 e. The number of anilines is 1. The highest BCUT2D eigenvalue weighted by Gasteiger charge is 2.09. The van der Waals surface area contributed by atoms with Crippen LogP contribution in [0.5, 0.6) is 0 Å². The normalized spacial score (nSPS) is 12.6. The van der Waals surface area contributed by atoms with Crippen LogP contribution in [-0.4, -0.2) is 19.5 Å². The maximum absolute atomic E-state index is 12.2. The molecule has 0 aliphatic heterocycles. The van der Waals surface area contributed by atoms with Gasteiger partial charge in [0, 0.05) is 35.4 Å². The third-order valence-electron chi connectivity index (χ3n) is 2.66. The average Bonchev–Trinajstić information content (AvgIpc) is 2.75. The van der Waals surface area contributed by atoms with Crippen LogP contribution in [0.2, 0.25) is 5.02 Å². The van der Waals surface area contributed by atoms with Gasteiger partial charge in [-0.2, -0.15) is 0 Å². The molecule has 2 aromatic rings.